The van der Waals surface area contributed by atoms with Gasteiger partial charge in [-0.1, -0.05) is 444 Å². The van der Waals surface area contributed by atoms with Gasteiger partial charge in [0, 0.05) is 91.5 Å². The molecule has 0 saturated carbocycles. The molecule has 13 rings (SSSR count). The highest BCUT2D eigenvalue weighted by Crippen LogP contribution is 2.39. The molecule has 11 aromatic rings. The summed E-state index contributed by atoms with van der Waals surface area (Å²) in [6.45, 7) is 86.5. The first-order valence-electron chi connectivity index (χ1n) is 44.0. The van der Waals surface area contributed by atoms with Crippen LogP contribution in [0.25, 0.3) is 32.8 Å². The van der Waals surface area contributed by atoms with E-state index in [0.29, 0.717) is 53.3 Å². The van der Waals surface area contributed by atoms with Crippen molar-refractivity contribution in [1.29, 1.82) is 0 Å². The van der Waals surface area contributed by atoms with E-state index >= 15 is 0 Å². The van der Waals surface area contributed by atoms with Crippen LogP contribution >= 0.6 is 11.3 Å². The average Bonchev–Trinajstić information content (AvgIpc) is 1.65. The molecule has 0 bridgehead atoms. The van der Waals surface area contributed by atoms with E-state index in [9.17, 15) is 0 Å². The molecule has 2 aliphatic rings. The van der Waals surface area contributed by atoms with E-state index in [1.54, 1.807) is 11.3 Å². The topological polar surface area (TPSA) is 111 Å². The standard InChI is InChI=1S/2C16H23N.C14H20N2.2C14H19N.C13H20.C12H19N.C9H15NS.12CH4/c2*1-15(2,3)12-8-7-11-9-14(16(4,5)6)17-13(11)10-12;1-9(2)10-6-7-11-12(8-10)16-13(15-11)14(3,4)5;2*1-9(2)11-5-6-12-8-13(10(3)4)15-14(12)7-11;1-10(2)11-6-8-12(9-7-11)13(3,4)5;1-9(2)10-6-7-11(13-8-10)12(3,4)5;1-6(2)8-5-11-9(10-8)7(3)4;;;;;;;;;;;;/h2*7-8,10H,9H2,1-6H3;6-9H,1-5H3,(H,15,16);2*5-10,15H,1-4H3;6-10H,1-5H3;6-9H,1-5H3;5-7H,1-4H3;12*1H4. The molecule has 0 amide bonds. The summed E-state index contributed by atoms with van der Waals surface area (Å²) in [5, 5.41) is 6.07. The number of nitrogens with zero attached hydrogens (tertiary/aromatic N) is 5. The fourth-order valence-electron chi connectivity index (χ4n) is 13.0. The Morgan fingerprint density at radius 1 is 0.287 bits per heavy atom. The van der Waals surface area contributed by atoms with Crippen LogP contribution in [0.5, 0.6) is 0 Å². The van der Waals surface area contributed by atoms with E-state index in [1.807, 2.05) is 6.20 Å². The van der Waals surface area contributed by atoms with E-state index in [-0.39, 0.29) is 127 Å². The summed E-state index contributed by atoms with van der Waals surface area (Å²) >= 11 is 1.77. The Morgan fingerprint density at radius 3 is 0.915 bits per heavy atom. The first-order chi connectivity index (χ1) is 53.8. The van der Waals surface area contributed by atoms with Crippen molar-refractivity contribution < 1.29 is 0 Å². The second kappa shape index (κ2) is 55.5. The van der Waals surface area contributed by atoms with Gasteiger partial charge in [0.15, 0.2) is 0 Å². The van der Waals surface area contributed by atoms with E-state index in [4.69, 9.17) is 9.98 Å². The number of aliphatic imine (C=N–C) groups is 2. The lowest BCUT2D eigenvalue weighted by Crippen LogP contribution is -2.19. The third-order valence-electron chi connectivity index (χ3n) is 21.9. The predicted octanol–water partition coefficient (Wildman–Crippen LogP) is 40.8. The van der Waals surface area contributed by atoms with Gasteiger partial charge in [0.05, 0.1) is 33.1 Å². The molecule has 0 saturated heterocycles. The van der Waals surface area contributed by atoms with Crippen molar-refractivity contribution in [1.82, 2.24) is 29.9 Å². The van der Waals surface area contributed by atoms with E-state index < -0.39 is 0 Å². The molecule has 6 aromatic carbocycles. The molecule has 3 N–H and O–H groups in total. The lowest BCUT2D eigenvalue weighted by atomic mass is 9.85. The molecule has 2 aliphatic heterocycles. The maximum absolute atomic E-state index is 4.81. The molecule has 0 atom stereocenters. The average molecular weight is 1790 g/mol. The Morgan fingerprint density at radius 2 is 0.628 bits per heavy atom. The zero-order valence-electron chi connectivity index (χ0n) is 80.7. The van der Waals surface area contributed by atoms with Crippen LogP contribution < -0.4 is 0 Å². The highest BCUT2D eigenvalue weighted by Gasteiger charge is 2.29. The van der Waals surface area contributed by atoms with Gasteiger partial charge in [-0.3, -0.25) is 15.0 Å². The summed E-state index contributed by atoms with van der Waals surface area (Å²) in [6.07, 6.45) is 4.03. The van der Waals surface area contributed by atoms with Crippen LogP contribution in [0.2, 0.25) is 0 Å². The molecule has 9 heteroatoms. The molecule has 732 valence electrons. The summed E-state index contributed by atoms with van der Waals surface area (Å²) in [7, 11) is 0. The van der Waals surface area contributed by atoms with Crippen molar-refractivity contribution in [3.8, 4) is 0 Å². The zero-order valence-corrected chi connectivity index (χ0v) is 81.5. The van der Waals surface area contributed by atoms with Crippen LogP contribution in [0.1, 0.15) is 502 Å². The fraction of sp³-hybridized carbons (Fsp3) is 0.575. The van der Waals surface area contributed by atoms with Gasteiger partial charge in [0.2, 0.25) is 0 Å². The summed E-state index contributed by atoms with van der Waals surface area (Å²) in [6, 6.07) is 51.2. The maximum Gasteiger partial charge on any atom is 0.112 e. The molecular formula is C120H206N8S. The van der Waals surface area contributed by atoms with Crippen LogP contribution in [-0.2, 0) is 39.9 Å². The summed E-state index contributed by atoms with van der Waals surface area (Å²) in [4.78, 5) is 33.7. The van der Waals surface area contributed by atoms with Crippen LogP contribution in [0, 0.1) is 10.8 Å². The van der Waals surface area contributed by atoms with Gasteiger partial charge in [-0.05, 0) is 185 Å². The second-order valence-corrected chi connectivity index (χ2v) is 43.9. The number of hydrogen-bond acceptors (Lipinski definition) is 6. The molecule has 5 aromatic heterocycles. The molecule has 129 heavy (non-hydrogen) atoms. The number of hydrogen-bond donors (Lipinski definition) is 3. The molecule has 0 radical (unpaired) electrons. The van der Waals surface area contributed by atoms with Gasteiger partial charge >= 0.3 is 0 Å². The Hall–Kier alpha value is -8.01. The molecule has 0 fully saturated rings. The molecule has 7 heterocycles. The summed E-state index contributed by atoms with van der Waals surface area (Å²) < 4.78 is 0. The Balaban J connectivity index is -0.000000261. The maximum atomic E-state index is 4.81. The smallest absolute Gasteiger partial charge is 0.112 e. The third kappa shape index (κ3) is 40.1. The highest BCUT2D eigenvalue weighted by molar-refractivity contribution is 7.09. The van der Waals surface area contributed by atoms with Gasteiger partial charge in [-0.15, -0.1) is 11.3 Å². The van der Waals surface area contributed by atoms with Gasteiger partial charge in [0.25, 0.3) is 0 Å². The van der Waals surface area contributed by atoms with Gasteiger partial charge in [-0.2, -0.15) is 0 Å². The number of aromatic amines is 3. The summed E-state index contributed by atoms with van der Waals surface area (Å²) in [5.41, 5.74) is 29.9. The number of aromatic nitrogens is 6. The quantitative estimate of drug-likeness (QED) is 0.134. The van der Waals surface area contributed by atoms with Crippen LogP contribution in [-0.4, -0.2) is 41.3 Å². The number of thiazole rings is 1. The Labute approximate surface area is 805 Å². The number of imidazole rings is 1. The van der Waals surface area contributed by atoms with E-state index in [0.717, 1.165) is 35.4 Å². The van der Waals surface area contributed by atoms with Crippen molar-refractivity contribution in [3.63, 3.8) is 0 Å². The van der Waals surface area contributed by atoms with Crippen molar-refractivity contribution >= 4 is 67.0 Å². The highest BCUT2D eigenvalue weighted by atomic mass is 32.1. The van der Waals surface area contributed by atoms with Gasteiger partial charge < -0.3 is 15.0 Å². The first kappa shape index (κ1) is 134. The minimum Gasteiger partial charge on any atom is -0.358 e. The molecule has 0 aliphatic carbocycles. The molecule has 0 spiro atoms. The lowest BCUT2D eigenvalue weighted by Gasteiger charge is -2.19. The number of fused-ring (bicyclic) bond motifs is 5. The first-order valence-corrected chi connectivity index (χ1v) is 44.9. The second-order valence-electron chi connectivity index (χ2n) is 43.0. The normalized spacial score (nSPS) is 11.9. The van der Waals surface area contributed by atoms with Crippen LogP contribution in [0.3, 0.4) is 0 Å². The SMILES string of the molecule is C.C.C.C.C.C.C.C.C.C.C.C.CC(C)(C)C1=Nc2cc(C(C)(C)C)ccc2C1.CC(C)(C)C1=Nc2cc(C(C)(C)C)ccc2C1.CC(C)c1ccc(C(C)(C)C)cc1.CC(C)c1ccc(C(C)(C)C)nc1.CC(C)c1ccc2cc(C(C)C)[nH]c2c1.CC(C)c1ccc2cc(C(C)C)[nH]c2c1.CC(C)c1ccc2nc(C(C)(C)C)[nH]c2c1.CC(C)c1csc(C(C)C)n1. The van der Waals surface area contributed by atoms with Crippen molar-refractivity contribution in [2.45, 2.75) is 452 Å². The molecule has 0 unspecified atom stereocenters. The zero-order chi connectivity index (χ0) is 88.2. The monoisotopic (exact) mass is 1790 g/mol. The van der Waals surface area contributed by atoms with Crippen LogP contribution in [0.4, 0.5) is 11.4 Å². The number of nitrogens with one attached hydrogen (secondary N) is 3. The minimum atomic E-state index is 0. The van der Waals surface area contributed by atoms with Gasteiger partial charge in [-0.25, -0.2) is 9.97 Å². The minimum absolute atomic E-state index is 0. The van der Waals surface area contributed by atoms with Crippen molar-refractivity contribution in [2.75, 3.05) is 0 Å². The summed E-state index contributed by atoms with van der Waals surface area (Å²) in [5.74, 6) is 6.30. The van der Waals surface area contributed by atoms with Crippen LogP contribution in [0.15, 0.2) is 161 Å². The van der Waals surface area contributed by atoms with Crippen molar-refractivity contribution in [3.05, 3.63) is 240 Å². The number of rotatable bonds is 9. The molecular weight excluding hydrogens is 1590 g/mol. The number of pyridine rings is 1. The largest absolute Gasteiger partial charge is 0.358 e. The molecule has 8 nitrogen and oxygen atoms in total. The predicted molar refractivity (Wildman–Crippen MR) is 600 cm³/mol. The third-order valence-corrected chi connectivity index (χ3v) is 23.1. The number of H-pyrrole nitrogens is 3. The lowest BCUT2D eigenvalue weighted by molar-refractivity contribution is 0.554. The van der Waals surface area contributed by atoms with Gasteiger partial charge in [0.1, 0.15) is 5.82 Å². The Kier molecular flexibility index (Phi) is 57.7. The fourth-order valence-corrected chi connectivity index (χ4v) is 14.0. The van der Waals surface area contributed by atoms with Crippen molar-refractivity contribution in [2.24, 2.45) is 20.8 Å². The Bertz CT molecular complexity index is 4710. The number of benzene rings is 6. The van der Waals surface area contributed by atoms with E-state index in [1.165, 1.54) is 122 Å². The van der Waals surface area contributed by atoms with E-state index in [2.05, 4.69) is 445 Å².